The van der Waals surface area contributed by atoms with Crippen LogP contribution in [0.4, 0.5) is 0 Å². The largest absolute Gasteiger partial charge is 0.393 e. The lowest BCUT2D eigenvalue weighted by Crippen LogP contribution is -2.51. The molecule has 0 saturated heterocycles. The van der Waals surface area contributed by atoms with Crippen LogP contribution in [0.2, 0.25) is 0 Å². The molecule has 0 bridgehead atoms. The lowest BCUT2D eigenvalue weighted by molar-refractivity contribution is -0.137. The van der Waals surface area contributed by atoms with E-state index in [9.17, 15) is 19.5 Å². The van der Waals surface area contributed by atoms with E-state index in [1.165, 1.54) is 6.92 Å². The van der Waals surface area contributed by atoms with Crippen molar-refractivity contribution in [3.8, 4) is 0 Å². The van der Waals surface area contributed by atoms with Crippen LogP contribution in [-0.2, 0) is 14.4 Å². The number of nitrogens with one attached hydrogen (secondary N) is 1. The van der Waals surface area contributed by atoms with Crippen molar-refractivity contribution in [3.63, 3.8) is 0 Å². The molecule has 5 atom stereocenters. The number of ketones is 2. The van der Waals surface area contributed by atoms with Gasteiger partial charge in [0.2, 0.25) is 5.91 Å². The first-order valence-corrected chi connectivity index (χ1v) is 10.8. The number of aliphatic hydroxyl groups excluding tert-OH is 1. The molecule has 0 radical (unpaired) electrons. The summed E-state index contributed by atoms with van der Waals surface area (Å²) >= 11 is 0. The normalized spacial score (nSPS) is 23.3. The second kappa shape index (κ2) is 11.7. The highest BCUT2D eigenvalue weighted by Gasteiger charge is 2.34. The summed E-state index contributed by atoms with van der Waals surface area (Å²) in [5, 5.41) is 12.8. The van der Waals surface area contributed by atoms with Crippen LogP contribution in [0.1, 0.15) is 73.1 Å². The number of Topliss-reactive ketones (excluding diaryl/α,β-unsaturated/α-hetero) is 2. The summed E-state index contributed by atoms with van der Waals surface area (Å²) in [7, 11) is 0. The van der Waals surface area contributed by atoms with Gasteiger partial charge in [-0.05, 0) is 38.0 Å². The van der Waals surface area contributed by atoms with Gasteiger partial charge in [0.15, 0.2) is 5.78 Å². The highest BCUT2D eigenvalue weighted by molar-refractivity contribution is 5.93. The molecule has 1 aliphatic rings. The SMILES string of the molecule is CC(C)C[C@@H]1CCC[C@@H](C(=O)C[C@H](C(=O)N[C@@H](CN)C(=O)C(C)C)[C@H](C)O)C1. The van der Waals surface area contributed by atoms with Crippen LogP contribution in [0.15, 0.2) is 0 Å². The van der Waals surface area contributed by atoms with E-state index in [1.807, 2.05) is 0 Å². The number of rotatable bonds is 11. The lowest BCUT2D eigenvalue weighted by atomic mass is 9.74. The molecule has 6 heteroatoms. The number of aliphatic hydroxyl groups is 1. The molecule has 28 heavy (non-hydrogen) atoms. The van der Waals surface area contributed by atoms with Gasteiger partial charge in [0.1, 0.15) is 5.78 Å². The molecular weight excluding hydrogens is 356 g/mol. The van der Waals surface area contributed by atoms with Crippen molar-refractivity contribution in [2.75, 3.05) is 6.54 Å². The van der Waals surface area contributed by atoms with E-state index >= 15 is 0 Å². The Morgan fingerprint density at radius 1 is 1.11 bits per heavy atom. The molecule has 4 N–H and O–H groups in total. The summed E-state index contributed by atoms with van der Waals surface area (Å²) in [6, 6.07) is -0.783. The van der Waals surface area contributed by atoms with Crippen molar-refractivity contribution in [2.24, 2.45) is 35.3 Å². The zero-order chi connectivity index (χ0) is 21.4. The fourth-order valence-corrected chi connectivity index (χ4v) is 4.26. The van der Waals surface area contributed by atoms with Crippen molar-refractivity contribution in [3.05, 3.63) is 0 Å². The third kappa shape index (κ3) is 7.63. The third-order valence-electron chi connectivity index (χ3n) is 5.85. The molecular formula is C22H40N2O4. The van der Waals surface area contributed by atoms with Crippen molar-refractivity contribution >= 4 is 17.5 Å². The summed E-state index contributed by atoms with van der Waals surface area (Å²) in [4.78, 5) is 37.7. The number of hydrogen-bond acceptors (Lipinski definition) is 5. The minimum Gasteiger partial charge on any atom is -0.393 e. The van der Waals surface area contributed by atoms with Gasteiger partial charge in [-0.3, -0.25) is 14.4 Å². The minimum absolute atomic E-state index is 0.00271. The summed E-state index contributed by atoms with van der Waals surface area (Å²) in [5.41, 5.74) is 5.64. The van der Waals surface area contributed by atoms with Crippen LogP contribution < -0.4 is 11.1 Å². The van der Waals surface area contributed by atoms with E-state index in [0.29, 0.717) is 11.8 Å². The molecule has 0 aliphatic heterocycles. The van der Waals surface area contributed by atoms with E-state index in [4.69, 9.17) is 5.73 Å². The van der Waals surface area contributed by atoms with Crippen molar-refractivity contribution in [1.82, 2.24) is 5.32 Å². The van der Waals surface area contributed by atoms with Gasteiger partial charge in [-0.25, -0.2) is 0 Å². The van der Waals surface area contributed by atoms with Crippen molar-refractivity contribution < 1.29 is 19.5 Å². The average Bonchev–Trinajstić information content (AvgIpc) is 2.62. The second-order valence-electron chi connectivity index (χ2n) is 9.23. The van der Waals surface area contributed by atoms with Crippen LogP contribution in [0.5, 0.6) is 0 Å². The monoisotopic (exact) mass is 396 g/mol. The van der Waals surface area contributed by atoms with E-state index in [2.05, 4.69) is 19.2 Å². The van der Waals surface area contributed by atoms with Gasteiger partial charge in [0.05, 0.1) is 18.1 Å². The van der Waals surface area contributed by atoms with Gasteiger partial charge >= 0.3 is 0 Å². The fourth-order valence-electron chi connectivity index (χ4n) is 4.26. The Kier molecular flexibility index (Phi) is 10.3. The predicted molar refractivity (Wildman–Crippen MR) is 111 cm³/mol. The zero-order valence-corrected chi connectivity index (χ0v) is 18.2. The second-order valence-corrected chi connectivity index (χ2v) is 9.23. The van der Waals surface area contributed by atoms with Gasteiger partial charge in [-0.2, -0.15) is 0 Å². The lowest BCUT2D eigenvalue weighted by Gasteiger charge is -2.30. The summed E-state index contributed by atoms with van der Waals surface area (Å²) in [6.07, 6.45) is 4.11. The molecule has 162 valence electrons. The van der Waals surface area contributed by atoms with Gasteiger partial charge in [0, 0.05) is 24.8 Å². The van der Waals surface area contributed by atoms with Gasteiger partial charge in [-0.15, -0.1) is 0 Å². The first-order chi connectivity index (χ1) is 13.1. The number of carbonyl (C=O) groups excluding carboxylic acids is 3. The van der Waals surface area contributed by atoms with Crippen LogP contribution in [0.25, 0.3) is 0 Å². The Bertz CT molecular complexity index is 531. The summed E-state index contributed by atoms with van der Waals surface area (Å²) < 4.78 is 0. The van der Waals surface area contributed by atoms with Crippen LogP contribution in [0.3, 0.4) is 0 Å². The van der Waals surface area contributed by atoms with E-state index in [-0.39, 0.29) is 36.4 Å². The van der Waals surface area contributed by atoms with Crippen LogP contribution in [-0.4, -0.2) is 41.3 Å². The Morgan fingerprint density at radius 3 is 2.25 bits per heavy atom. The third-order valence-corrected chi connectivity index (χ3v) is 5.85. The molecule has 0 aromatic heterocycles. The highest BCUT2D eigenvalue weighted by Crippen LogP contribution is 2.34. The Hall–Kier alpha value is -1.27. The molecule has 1 aliphatic carbocycles. The molecule has 1 fully saturated rings. The van der Waals surface area contributed by atoms with Crippen LogP contribution in [0, 0.1) is 29.6 Å². The predicted octanol–water partition coefficient (Wildman–Crippen LogP) is 2.46. The van der Waals surface area contributed by atoms with Gasteiger partial charge in [-0.1, -0.05) is 40.5 Å². The van der Waals surface area contributed by atoms with E-state index in [1.54, 1.807) is 13.8 Å². The van der Waals surface area contributed by atoms with Crippen molar-refractivity contribution in [2.45, 2.75) is 85.3 Å². The topological polar surface area (TPSA) is 109 Å². The number of hydrogen-bond donors (Lipinski definition) is 3. The maximum absolute atomic E-state index is 12.9. The Balaban J connectivity index is 2.73. The number of nitrogens with two attached hydrogens (primary N) is 1. The molecule has 0 heterocycles. The smallest absolute Gasteiger partial charge is 0.226 e. The zero-order valence-electron chi connectivity index (χ0n) is 18.2. The maximum Gasteiger partial charge on any atom is 0.226 e. The summed E-state index contributed by atoms with van der Waals surface area (Å²) in [5.74, 6) is -0.526. The molecule has 0 aromatic carbocycles. The molecule has 1 rings (SSSR count). The van der Waals surface area contributed by atoms with Crippen molar-refractivity contribution in [1.29, 1.82) is 0 Å². The quantitative estimate of drug-likeness (QED) is 0.497. The fraction of sp³-hybridized carbons (Fsp3) is 0.864. The first kappa shape index (κ1) is 24.8. The summed E-state index contributed by atoms with van der Waals surface area (Å²) in [6.45, 7) is 9.43. The molecule has 1 saturated carbocycles. The number of carbonyl (C=O) groups is 3. The minimum atomic E-state index is -0.966. The molecule has 6 nitrogen and oxygen atoms in total. The van der Waals surface area contributed by atoms with Crippen LogP contribution >= 0.6 is 0 Å². The average molecular weight is 397 g/mol. The Labute approximate surface area is 170 Å². The van der Waals surface area contributed by atoms with E-state index in [0.717, 1.165) is 32.1 Å². The van der Waals surface area contributed by atoms with Gasteiger partial charge < -0.3 is 16.2 Å². The van der Waals surface area contributed by atoms with Gasteiger partial charge in [0.25, 0.3) is 0 Å². The first-order valence-electron chi connectivity index (χ1n) is 10.8. The standard InChI is InChI=1S/C22H40N2O4/c1-13(2)9-16-7-6-8-17(10-16)20(26)11-18(15(5)25)22(28)24-19(12-23)21(27)14(3)4/h13-19,25H,6-12,23H2,1-5H3,(H,24,28)/t15-,16-,17+,18-,19-/m0/s1. The van der Waals surface area contributed by atoms with E-state index < -0.39 is 24.0 Å². The highest BCUT2D eigenvalue weighted by atomic mass is 16.3. The number of amides is 1. The molecule has 0 spiro atoms. The Morgan fingerprint density at radius 2 is 1.75 bits per heavy atom. The molecule has 0 unspecified atom stereocenters. The molecule has 0 aromatic rings. The molecule has 1 amide bonds. The maximum atomic E-state index is 12.9.